The molecule has 3 heterocycles. The third-order valence-electron chi connectivity index (χ3n) is 5.45. The number of nitrogens with zero attached hydrogens (tertiary/aromatic N) is 5. The lowest BCUT2D eigenvalue weighted by atomic mass is 9.98. The Morgan fingerprint density at radius 3 is 2.39 bits per heavy atom. The number of rotatable bonds is 6. The summed E-state index contributed by atoms with van der Waals surface area (Å²) in [5, 5.41) is 14.5. The molecule has 0 bridgehead atoms. The number of fused-ring (bicyclic) bond motifs is 1. The second-order valence-electron chi connectivity index (χ2n) is 8.60. The lowest BCUT2D eigenvalue weighted by molar-refractivity contribution is -0.192. The number of carboxylic acid groups (broad SMARTS) is 1. The summed E-state index contributed by atoms with van der Waals surface area (Å²) in [6.45, 7) is 4.49. The van der Waals surface area contributed by atoms with E-state index in [1.807, 2.05) is 32.0 Å². The largest absolute Gasteiger partial charge is 0.490 e. The number of alkyl halides is 3. The molecule has 4 rings (SSSR count). The molecule has 0 spiro atoms. The molecule has 0 saturated heterocycles. The summed E-state index contributed by atoms with van der Waals surface area (Å²) in [5.41, 5.74) is 2.46. The number of aliphatic carboxylic acids is 1. The number of anilines is 1. The van der Waals surface area contributed by atoms with Gasteiger partial charge in [0.1, 0.15) is 6.33 Å². The van der Waals surface area contributed by atoms with Gasteiger partial charge in [0, 0.05) is 24.3 Å². The number of carbonyl (C=O) groups excluding carboxylic acids is 1. The number of nitrogens with one attached hydrogen (secondary N) is 1. The Bertz CT molecular complexity index is 1410. The van der Waals surface area contributed by atoms with Crippen LogP contribution in [0.2, 0.25) is 0 Å². The molecule has 0 radical (unpaired) electrons. The first-order chi connectivity index (χ1) is 17.7. The van der Waals surface area contributed by atoms with Crippen LogP contribution in [0.15, 0.2) is 48.9 Å². The third kappa shape index (κ3) is 6.85. The van der Waals surface area contributed by atoms with Crippen LogP contribution in [0.4, 0.5) is 18.9 Å². The molecule has 1 unspecified atom stereocenters. The van der Waals surface area contributed by atoms with Gasteiger partial charge in [0.05, 0.1) is 30.1 Å². The highest BCUT2D eigenvalue weighted by Gasteiger charge is 2.38. The highest BCUT2D eigenvalue weighted by Crippen LogP contribution is 2.41. The van der Waals surface area contributed by atoms with Crippen molar-refractivity contribution in [3.63, 3.8) is 0 Å². The number of benzene rings is 1. The van der Waals surface area contributed by atoms with Gasteiger partial charge in [-0.2, -0.15) is 18.3 Å². The van der Waals surface area contributed by atoms with E-state index in [9.17, 15) is 26.4 Å². The van der Waals surface area contributed by atoms with E-state index >= 15 is 0 Å². The van der Waals surface area contributed by atoms with Crippen LogP contribution >= 0.6 is 0 Å². The first-order valence-corrected chi connectivity index (χ1v) is 13.0. The molecule has 38 heavy (non-hydrogen) atoms. The SMILES string of the molecule is CC(C)n1cnc(C2CN(S(C)(=O)=O)c3ccc(C(=O)NCc4ccccn4)cc32)n1.O=C(O)C(F)(F)F. The second kappa shape index (κ2) is 11.2. The molecule has 0 saturated carbocycles. The van der Waals surface area contributed by atoms with E-state index in [2.05, 4.69) is 20.4 Å². The van der Waals surface area contributed by atoms with Crippen molar-refractivity contribution in [1.29, 1.82) is 0 Å². The summed E-state index contributed by atoms with van der Waals surface area (Å²) < 4.78 is 59.5. The number of carboxylic acids is 1. The van der Waals surface area contributed by atoms with Gasteiger partial charge in [-0.25, -0.2) is 18.2 Å². The van der Waals surface area contributed by atoms with Crippen molar-refractivity contribution in [1.82, 2.24) is 25.1 Å². The Hall–Kier alpha value is -4.01. The molecule has 1 atom stereocenters. The van der Waals surface area contributed by atoms with E-state index in [1.165, 1.54) is 10.6 Å². The zero-order chi connectivity index (χ0) is 28.3. The van der Waals surface area contributed by atoms with Crippen molar-refractivity contribution >= 4 is 27.6 Å². The Labute approximate surface area is 216 Å². The van der Waals surface area contributed by atoms with Crippen molar-refractivity contribution in [2.75, 3.05) is 17.1 Å². The van der Waals surface area contributed by atoms with E-state index in [4.69, 9.17) is 9.90 Å². The van der Waals surface area contributed by atoms with Crippen molar-refractivity contribution in [3.8, 4) is 0 Å². The third-order valence-corrected chi connectivity index (χ3v) is 6.59. The van der Waals surface area contributed by atoms with Crippen LogP contribution < -0.4 is 9.62 Å². The fourth-order valence-corrected chi connectivity index (χ4v) is 4.52. The molecule has 1 aliphatic heterocycles. The van der Waals surface area contributed by atoms with Crippen LogP contribution in [-0.4, -0.2) is 64.1 Å². The average Bonchev–Trinajstić information content (AvgIpc) is 3.47. The predicted molar refractivity (Wildman–Crippen MR) is 130 cm³/mol. The molecule has 1 aromatic carbocycles. The quantitative estimate of drug-likeness (QED) is 0.473. The van der Waals surface area contributed by atoms with Gasteiger partial charge in [-0.05, 0) is 49.7 Å². The predicted octanol–water partition coefficient (Wildman–Crippen LogP) is 2.73. The van der Waals surface area contributed by atoms with Crippen LogP contribution in [0.3, 0.4) is 0 Å². The van der Waals surface area contributed by atoms with Crippen LogP contribution in [0, 0.1) is 0 Å². The van der Waals surface area contributed by atoms with Gasteiger partial charge in [0.2, 0.25) is 10.0 Å². The van der Waals surface area contributed by atoms with Gasteiger partial charge in [-0.1, -0.05) is 6.07 Å². The fourth-order valence-electron chi connectivity index (χ4n) is 3.57. The maximum Gasteiger partial charge on any atom is 0.490 e. The Balaban J connectivity index is 0.000000505. The number of pyridine rings is 1. The number of amides is 1. The number of halogens is 3. The van der Waals surface area contributed by atoms with Crippen molar-refractivity contribution < 1.29 is 36.3 Å². The molecule has 2 N–H and O–H groups in total. The van der Waals surface area contributed by atoms with E-state index < -0.39 is 22.2 Å². The maximum atomic E-state index is 12.7. The van der Waals surface area contributed by atoms with Crippen LogP contribution in [0.5, 0.6) is 0 Å². The van der Waals surface area contributed by atoms with Crippen molar-refractivity contribution in [2.24, 2.45) is 0 Å². The molecular weight excluding hydrogens is 529 g/mol. The standard InChI is InChI=1S/C21H24N6O3S.C2HF3O2/c1-14(2)26-13-24-20(25-26)18-12-27(31(3,29)30)19-8-7-15(10-17(18)19)21(28)23-11-16-6-4-5-9-22-16;3-2(4,5)1(6)7/h4-10,13-14,18H,11-12H2,1-3H3,(H,23,28);(H,6,7). The highest BCUT2D eigenvalue weighted by atomic mass is 32.2. The van der Waals surface area contributed by atoms with E-state index in [1.54, 1.807) is 35.4 Å². The molecular formula is C23H25F3N6O5S. The zero-order valence-electron chi connectivity index (χ0n) is 20.5. The fraction of sp³-hybridized carbons (Fsp3) is 0.348. The number of aromatic nitrogens is 4. The normalized spacial score (nSPS) is 15.0. The van der Waals surface area contributed by atoms with Crippen molar-refractivity contribution in [2.45, 2.75) is 38.5 Å². The van der Waals surface area contributed by atoms with Gasteiger partial charge in [-0.3, -0.25) is 18.8 Å². The number of hydrogen-bond donors (Lipinski definition) is 2. The first kappa shape index (κ1) is 28.6. The van der Waals surface area contributed by atoms with Gasteiger partial charge in [0.25, 0.3) is 5.91 Å². The summed E-state index contributed by atoms with van der Waals surface area (Å²) in [6, 6.07) is 10.7. The number of sulfonamides is 1. The molecule has 0 aliphatic carbocycles. The minimum atomic E-state index is -5.08. The van der Waals surface area contributed by atoms with Gasteiger partial charge < -0.3 is 10.4 Å². The Morgan fingerprint density at radius 1 is 1.18 bits per heavy atom. The molecule has 1 aliphatic rings. The van der Waals surface area contributed by atoms with Gasteiger partial charge in [0.15, 0.2) is 5.82 Å². The highest BCUT2D eigenvalue weighted by molar-refractivity contribution is 7.92. The van der Waals surface area contributed by atoms with Crippen LogP contribution in [0.25, 0.3) is 0 Å². The zero-order valence-corrected chi connectivity index (χ0v) is 21.4. The van der Waals surface area contributed by atoms with Gasteiger partial charge in [-0.15, -0.1) is 0 Å². The van der Waals surface area contributed by atoms with E-state index in [0.717, 1.165) is 11.3 Å². The van der Waals surface area contributed by atoms with Crippen LogP contribution in [0.1, 0.15) is 53.2 Å². The van der Waals surface area contributed by atoms with Crippen LogP contribution in [-0.2, 0) is 21.4 Å². The monoisotopic (exact) mass is 554 g/mol. The molecule has 3 aromatic rings. The lowest BCUT2D eigenvalue weighted by Gasteiger charge is -2.16. The Morgan fingerprint density at radius 2 is 1.87 bits per heavy atom. The average molecular weight is 555 g/mol. The second-order valence-corrected chi connectivity index (χ2v) is 10.5. The van der Waals surface area contributed by atoms with Crippen molar-refractivity contribution in [3.05, 3.63) is 71.6 Å². The lowest BCUT2D eigenvalue weighted by Crippen LogP contribution is -2.29. The minimum Gasteiger partial charge on any atom is -0.475 e. The summed E-state index contributed by atoms with van der Waals surface area (Å²) in [7, 11) is -3.48. The molecule has 15 heteroatoms. The Kier molecular flexibility index (Phi) is 8.39. The first-order valence-electron chi connectivity index (χ1n) is 11.2. The molecule has 2 aromatic heterocycles. The summed E-state index contributed by atoms with van der Waals surface area (Å²) in [6.07, 6.45) is -0.594. The molecule has 204 valence electrons. The molecule has 1 amide bonds. The molecule has 0 fully saturated rings. The summed E-state index contributed by atoms with van der Waals surface area (Å²) in [4.78, 5) is 30.2. The number of hydrogen-bond acceptors (Lipinski definition) is 7. The summed E-state index contributed by atoms with van der Waals surface area (Å²) >= 11 is 0. The summed E-state index contributed by atoms with van der Waals surface area (Å²) in [5.74, 6) is -2.83. The molecule has 11 nitrogen and oxygen atoms in total. The van der Waals surface area contributed by atoms with Gasteiger partial charge >= 0.3 is 12.1 Å². The van der Waals surface area contributed by atoms with E-state index in [0.29, 0.717) is 23.6 Å². The maximum absolute atomic E-state index is 12.7. The number of carbonyl (C=O) groups is 2. The topological polar surface area (TPSA) is 147 Å². The smallest absolute Gasteiger partial charge is 0.475 e. The minimum absolute atomic E-state index is 0.136. The van der Waals surface area contributed by atoms with E-state index in [-0.39, 0.29) is 24.4 Å².